The standard InChI is InChI=1S/C3H5O2.Y/c1-3(4)5-2;/h2H2,1H3;/q-1;. The maximum atomic E-state index is 9.53. The molecule has 0 unspecified atom stereocenters. The van der Waals surface area contributed by atoms with E-state index < -0.39 is 0 Å². The predicted octanol–water partition coefficient (Wildman–Crippen LogP) is 0.339. The topological polar surface area (TPSA) is 26.3 Å². The molecule has 0 aromatic heterocycles. The summed E-state index contributed by atoms with van der Waals surface area (Å²) in [5.41, 5.74) is 0. The monoisotopic (exact) mass is 162 g/mol. The first-order chi connectivity index (χ1) is 2.27. The summed E-state index contributed by atoms with van der Waals surface area (Å²) in [5.74, 6) is -0.356. The van der Waals surface area contributed by atoms with Gasteiger partial charge in [-0.05, 0) is 0 Å². The molecule has 6 heavy (non-hydrogen) atoms. The van der Waals surface area contributed by atoms with E-state index in [2.05, 4.69) is 11.8 Å². The van der Waals surface area contributed by atoms with Crippen LogP contribution in [0.15, 0.2) is 0 Å². The Morgan fingerprint density at radius 1 is 1.83 bits per heavy atom. The Bertz CT molecular complexity index is 44.1. The van der Waals surface area contributed by atoms with E-state index in [0.717, 1.165) is 0 Å². The fourth-order valence-electron chi connectivity index (χ4n) is 0. The maximum absolute atomic E-state index is 9.53. The maximum Gasteiger partial charge on any atom is 0.270 e. The molecule has 0 amide bonds. The van der Waals surface area contributed by atoms with Gasteiger partial charge in [0.15, 0.2) is 0 Å². The van der Waals surface area contributed by atoms with Gasteiger partial charge in [0.1, 0.15) is 0 Å². The van der Waals surface area contributed by atoms with Gasteiger partial charge in [-0.25, -0.2) is 0 Å². The van der Waals surface area contributed by atoms with Gasteiger partial charge in [0, 0.05) is 39.6 Å². The summed E-state index contributed by atoms with van der Waals surface area (Å²) < 4.78 is 3.86. The fourth-order valence-corrected chi connectivity index (χ4v) is 0. The van der Waals surface area contributed by atoms with E-state index in [1.807, 2.05) is 0 Å². The second-order valence-corrected chi connectivity index (χ2v) is 0.636. The zero-order valence-corrected chi connectivity index (χ0v) is 6.44. The van der Waals surface area contributed by atoms with Crippen LogP contribution in [0.4, 0.5) is 0 Å². The van der Waals surface area contributed by atoms with Crippen molar-refractivity contribution in [3.05, 3.63) is 7.11 Å². The largest absolute Gasteiger partial charge is 0.640 e. The van der Waals surface area contributed by atoms with Crippen molar-refractivity contribution in [2.24, 2.45) is 0 Å². The van der Waals surface area contributed by atoms with Crippen LogP contribution in [0.3, 0.4) is 0 Å². The van der Waals surface area contributed by atoms with Crippen molar-refractivity contribution in [1.82, 2.24) is 0 Å². The van der Waals surface area contributed by atoms with Crippen molar-refractivity contribution in [2.75, 3.05) is 0 Å². The van der Waals surface area contributed by atoms with Gasteiger partial charge in [0.2, 0.25) is 0 Å². The molecule has 0 aliphatic carbocycles. The van der Waals surface area contributed by atoms with Crippen LogP contribution in [-0.4, -0.2) is 5.97 Å². The van der Waals surface area contributed by atoms with E-state index in [1.54, 1.807) is 0 Å². The second kappa shape index (κ2) is 5.57. The fraction of sp³-hybridized carbons (Fsp3) is 0.333. The molecule has 33 valence electrons. The molecule has 0 aromatic carbocycles. The minimum atomic E-state index is -0.356. The van der Waals surface area contributed by atoms with Crippen LogP contribution in [0.5, 0.6) is 0 Å². The minimum absolute atomic E-state index is 0. The summed E-state index contributed by atoms with van der Waals surface area (Å²) in [6.45, 7) is 1.30. The Morgan fingerprint density at radius 2 is 2.00 bits per heavy atom. The summed E-state index contributed by atoms with van der Waals surface area (Å²) in [7, 11) is 2.84. The molecule has 0 spiro atoms. The van der Waals surface area contributed by atoms with Crippen LogP contribution in [-0.2, 0) is 42.2 Å². The van der Waals surface area contributed by atoms with Crippen LogP contribution in [0.2, 0.25) is 0 Å². The Labute approximate surface area is 62.1 Å². The molecular weight excluding hydrogens is 157 g/mol. The number of hydrogen-bond donors (Lipinski definition) is 0. The van der Waals surface area contributed by atoms with Gasteiger partial charge in [-0.15, -0.1) is 0 Å². The molecule has 0 aliphatic rings. The second-order valence-electron chi connectivity index (χ2n) is 0.636. The van der Waals surface area contributed by atoms with E-state index in [0.29, 0.717) is 0 Å². The van der Waals surface area contributed by atoms with Crippen molar-refractivity contribution in [1.29, 1.82) is 0 Å². The quantitative estimate of drug-likeness (QED) is 0.379. The van der Waals surface area contributed by atoms with Crippen LogP contribution in [0.1, 0.15) is 6.92 Å². The van der Waals surface area contributed by atoms with Crippen molar-refractivity contribution in [3.63, 3.8) is 0 Å². The first-order valence-corrected chi connectivity index (χ1v) is 1.20. The van der Waals surface area contributed by atoms with Crippen LogP contribution >= 0.6 is 0 Å². The van der Waals surface area contributed by atoms with E-state index in [1.165, 1.54) is 6.92 Å². The third kappa shape index (κ3) is 8.82. The van der Waals surface area contributed by atoms with Crippen molar-refractivity contribution in [3.8, 4) is 0 Å². The van der Waals surface area contributed by atoms with Crippen molar-refractivity contribution in [2.45, 2.75) is 6.92 Å². The SMILES string of the molecule is [CH2-]OC(C)=O.[Y]. The molecule has 1 radical (unpaired) electrons. The molecular formula is C3H5O2Y-. The Kier molecular flexibility index (Phi) is 9.07. The summed E-state index contributed by atoms with van der Waals surface area (Å²) in [5, 5.41) is 0. The minimum Gasteiger partial charge on any atom is -0.640 e. The number of carbonyl (C=O) groups is 1. The number of carbonyl (C=O) groups excluding carboxylic acids is 1. The van der Waals surface area contributed by atoms with Gasteiger partial charge in [0.05, 0.1) is 0 Å². The summed E-state index contributed by atoms with van der Waals surface area (Å²) in [6.07, 6.45) is 0. The molecule has 0 saturated carbocycles. The molecule has 0 bridgehead atoms. The Morgan fingerprint density at radius 3 is 2.00 bits per heavy atom. The van der Waals surface area contributed by atoms with E-state index in [9.17, 15) is 4.79 Å². The number of ether oxygens (including phenoxy) is 1. The molecule has 0 heterocycles. The van der Waals surface area contributed by atoms with E-state index in [-0.39, 0.29) is 38.7 Å². The average Bonchev–Trinajstić information content (AvgIpc) is 1.38. The smallest absolute Gasteiger partial charge is 0.270 e. The first-order valence-electron chi connectivity index (χ1n) is 1.20. The summed E-state index contributed by atoms with van der Waals surface area (Å²) in [4.78, 5) is 9.53. The predicted molar refractivity (Wildman–Crippen MR) is 17.1 cm³/mol. The molecule has 0 aromatic rings. The summed E-state index contributed by atoms with van der Waals surface area (Å²) in [6, 6.07) is 0. The zero-order valence-electron chi connectivity index (χ0n) is 3.60. The molecule has 0 saturated heterocycles. The Hall–Kier alpha value is 0.574. The van der Waals surface area contributed by atoms with Gasteiger partial charge in [0.25, 0.3) is 5.97 Å². The Balaban J connectivity index is 0. The van der Waals surface area contributed by atoms with Crippen LogP contribution < -0.4 is 0 Å². The van der Waals surface area contributed by atoms with Gasteiger partial charge in [-0.3, -0.25) is 4.79 Å². The number of hydrogen-bond acceptors (Lipinski definition) is 2. The number of rotatable bonds is 0. The molecule has 3 heteroatoms. The molecule has 0 N–H and O–H groups in total. The first kappa shape index (κ1) is 9.76. The molecule has 0 rings (SSSR count). The van der Waals surface area contributed by atoms with Gasteiger partial charge in [-0.2, -0.15) is 7.11 Å². The zero-order chi connectivity index (χ0) is 4.28. The van der Waals surface area contributed by atoms with Gasteiger partial charge in [-0.1, -0.05) is 0 Å². The van der Waals surface area contributed by atoms with Gasteiger partial charge < -0.3 is 4.74 Å². The van der Waals surface area contributed by atoms with E-state index in [4.69, 9.17) is 0 Å². The van der Waals surface area contributed by atoms with Gasteiger partial charge >= 0.3 is 0 Å². The molecule has 0 aliphatic heterocycles. The van der Waals surface area contributed by atoms with Crippen molar-refractivity contribution < 1.29 is 42.2 Å². The molecule has 0 atom stereocenters. The number of esters is 1. The van der Waals surface area contributed by atoms with E-state index >= 15 is 0 Å². The summed E-state index contributed by atoms with van der Waals surface area (Å²) >= 11 is 0. The third-order valence-electron chi connectivity index (χ3n) is 0.203. The molecule has 0 fully saturated rings. The normalized spacial score (nSPS) is 5.67. The molecule has 2 nitrogen and oxygen atoms in total. The average molecular weight is 162 g/mol. The third-order valence-corrected chi connectivity index (χ3v) is 0.203. The van der Waals surface area contributed by atoms with Crippen LogP contribution in [0.25, 0.3) is 0 Å². The van der Waals surface area contributed by atoms with Crippen molar-refractivity contribution >= 4 is 5.97 Å². The van der Waals surface area contributed by atoms with Crippen LogP contribution in [0, 0.1) is 7.11 Å².